The van der Waals surface area contributed by atoms with E-state index < -0.39 is 22.3 Å². The summed E-state index contributed by atoms with van der Waals surface area (Å²) in [6, 6.07) is -0.383. The minimum absolute atomic E-state index is 0.177. The zero-order chi connectivity index (χ0) is 13.8. The summed E-state index contributed by atoms with van der Waals surface area (Å²) in [5.74, 6) is -0.177. The van der Waals surface area contributed by atoms with Gasteiger partial charge in [0.25, 0.3) is 10.1 Å². The van der Waals surface area contributed by atoms with Gasteiger partial charge in [-0.15, -0.1) is 0 Å². The minimum Gasteiger partial charge on any atom is -0.442 e. The third-order valence-electron chi connectivity index (χ3n) is 2.29. The molecular weight excluding hydrogens is 264 g/mol. The van der Waals surface area contributed by atoms with Crippen molar-refractivity contribution in [2.45, 2.75) is 25.5 Å². The Bertz CT molecular complexity index is 421. The molecule has 104 valence electrons. The predicted molar refractivity (Wildman–Crippen MR) is 61.3 cm³/mol. The lowest BCUT2D eigenvalue weighted by Gasteiger charge is -2.16. The molecule has 0 spiro atoms. The molecule has 0 unspecified atom stereocenters. The van der Waals surface area contributed by atoms with Crippen LogP contribution in [0.15, 0.2) is 0 Å². The van der Waals surface area contributed by atoms with E-state index in [4.69, 9.17) is 4.74 Å². The minimum atomic E-state index is -3.58. The highest BCUT2D eigenvalue weighted by Crippen LogP contribution is 2.13. The second kappa shape index (κ2) is 6.01. The summed E-state index contributed by atoms with van der Waals surface area (Å²) in [4.78, 5) is 21.7. The van der Waals surface area contributed by atoms with E-state index in [9.17, 15) is 18.0 Å². The van der Waals surface area contributed by atoms with Crippen LogP contribution in [0.1, 0.15) is 13.3 Å². The molecule has 0 bridgehead atoms. The van der Waals surface area contributed by atoms with Crippen molar-refractivity contribution in [3.05, 3.63) is 0 Å². The lowest BCUT2D eigenvalue weighted by atomic mass is 10.1. The SMILES string of the molecule is CC(=O)NCC[C@H]1NC(=O)O[C@@H]1COS(C)(=O)=O. The molecule has 2 atom stereocenters. The summed E-state index contributed by atoms with van der Waals surface area (Å²) in [5, 5.41) is 5.10. The number of amides is 2. The molecule has 0 radical (unpaired) electrons. The number of nitrogens with one attached hydrogen (secondary N) is 2. The van der Waals surface area contributed by atoms with Crippen LogP contribution in [0.5, 0.6) is 0 Å². The van der Waals surface area contributed by atoms with Gasteiger partial charge >= 0.3 is 6.09 Å². The monoisotopic (exact) mass is 280 g/mol. The van der Waals surface area contributed by atoms with Crippen LogP contribution >= 0.6 is 0 Å². The van der Waals surface area contributed by atoms with E-state index in [2.05, 4.69) is 14.8 Å². The van der Waals surface area contributed by atoms with Gasteiger partial charge in [0.15, 0.2) is 0 Å². The Hall–Kier alpha value is -1.35. The summed E-state index contributed by atoms with van der Waals surface area (Å²) in [6.07, 6.45) is 0.0537. The highest BCUT2D eigenvalue weighted by atomic mass is 32.2. The average molecular weight is 280 g/mol. The Labute approximate surface area is 105 Å². The summed E-state index contributed by atoms with van der Waals surface area (Å²) in [5.41, 5.74) is 0. The molecule has 1 aliphatic heterocycles. The maximum atomic E-state index is 11.1. The highest BCUT2D eigenvalue weighted by molar-refractivity contribution is 7.85. The first-order valence-electron chi connectivity index (χ1n) is 5.34. The van der Waals surface area contributed by atoms with E-state index in [-0.39, 0.29) is 18.6 Å². The molecule has 0 aromatic heterocycles. The molecule has 8 nitrogen and oxygen atoms in total. The molecule has 9 heteroatoms. The van der Waals surface area contributed by atoms with Crippen molar-refractivity contribution < 1.29 is 26.9 Å². The van der Waals surface area contributed by atoms with E-state index in [1.54, 1.807) is 0 Å². The number of carbonyl (C=O) groups is 2. The number of ether oxygens (including phenoxy) is 1. The molecule has 18 heavy (non-hydrogen) atoms. The summed E-state index contributed by atoms with van der Waals surface area (Å²) in [6.45, 7) is 1.51. The van der Waals surface area contributed by atoms with Gasteiger partial charge in [0, 0.05) is 13.5 Å². The van der Waals surface area contributed by atoms with Crippen molar-refractivity contribution in [2.24, 2.45) is 0 Å². The van der Waals surface area contributed by atoms with Gasteiger partial charge in [-0.05, 0) is 6.42 Å². The lowest BCUT2D eigenvalue weighted by molar-refractivity contribution is -0.119. The Balaban J connectivity index is 2.43. The number of hydrogen-bond acceptors (Lipinski definition) is 6. The quantitative estimate of drug-likeness (QED) is 0.602. The topological polar surface area (TPSA) is 111 Å². The van der Waals surface area contributed by atoms with Crippen LogP contribution in [0, 0.1) is 0 Å². The molecule has 2 N–H and O–H groups in total. The zero-order valence-electron chi connectivity index (χ0n) is 10.1. The molecule has 1 saturated heterocycles. The van der Waals surface area contributed by atoms with Crippen LogP contribution in [0.25, 0.3) is 0 Å². The molecule has 0 saturated carbocycles. The van der Waals surface area contributed by atoms with E-state index in [1.165, 1.54) is 6.92 Å². The average Bonchev–Trinajstić information content (AvgIpc) is 2.54. The molecule has 1 heterocycles. The van der Waals surface area contributed by atoms with Gasteiger partial charge in [-0.25, -0.2) is 4.79 Å². The second-order valence-electron chi connectivity index (χ2n) is 3.95. The molecule has 0 aliphatic carbocycles. The molecule has 0 aromatic rings. The molecule has 0 aromatic carbocycles. The van der Waals surface area contributed by atoms with E-state index >= 15 is 0 Å². The maximum Gasteiger partial charge on any atom is 0.407 e. The number of alkyl carbamates (subject to hydrolysis) is 1. The fourth-order valence-electron chi connectivity index (χ4n) is 1.50. The van der Waals surface area contributed by atoms with Gasteiger partial charge in [-0.1, -0.05) is 0 Å². The van der Waals surface area contributed by atoms with Crippen LogP contribution in [0.4, 0.5) is 4.79 Å². The first-order valence-corrected chi connectivity index (χ1v) is 7.15. The zero-order valence-corrected chi connectivity index (χ0v) is 11.0. The predicted octanol–water partition coefficient (Wildman–Crippen LogP) is -1.03. The Morgan fingerprint density at radius 3 is 2.78 bits per heavy atom. The standard InChI is InChI=1S/C9H16N2O6S/c1-6(12)10-4-3-7-8(17-9(13)11-7)5-16-18(2,14)15/h7-8H,3-5H2,1-2H3,(H,10,12)(H,11,13)/t7-,8-/m1/s1. The van der Waals surface area contributed by atoms with Crippen LogP contribution in [-0.4, -0.2) is 52.0 Å². The third kappa shape index (κ3) is 5.32. The van der Waals surface area contributed by atoms with Crippen molar-refractivity contribution in [1.82, 2.24) is 10.6 Å². The molecule has 1 rings (SSSR count). The van der Waals surface area contributed by atoms with Crippen molar-refractivity contribution in [1.29, 1.82) is 0 Å². The van der Waals surface area contributed by atoms with Gasteiger partial charge in [0.1, 0.15) is 12.7 Å². The van der Waals surface area contributed by atoms with Crippen molar-refractivity contribution in [3.8, 4) is 0 Å². The van der Waals surface area contributed by atoms with Gasteiger partial charge in [0.2, 0.25) is 5.91 Å². The Kier molecular flexibility index (Phi) is 4.91. The first-order chi connectivity index (χ1) is 8.28. The van der Waals surface area contributed by atoms with E-state index in [0.29, 0.717) is 13.0 Å². The normalized spacial score (nSPS) is 23.3. The maximum absolute atomic E-state index is 11.1. The fraction of sp³-hybridized carbons (Fsp3) is 0.778. The highest BCUT2D eigenvalue weighted by Gasteiger charge is 2.34. The van der Waals surface area contributed by atoms with Gasteiger partial charge in [-0.2, -0.15) is 8.42 Å². The van der Waals surface area contributed by atoms with E-state index in [0.717, 1.165) is 6.26 Å². The molecule has 1 aliphatic rings. The molecule has 2 amide bonds. The summed E-state index contributed by atoms with van der Waals surface area (Å²) < 4.78 is 31.1. The summed E-state index contributed by atoms with van der Waals surface area (Å²) in [7, 11) is -3.58. The number of carbonyl (C=O) groups excluding carboxylic acids is 2. The summed E-state index contributed by atoms with van der Waals surface area (Å²) >= 11 is 0. The fourth-order valence-corrected chi connectivity index (χ4v) is 1.88. The van der Waals surface area contributed by atoms with E-state index in [1.807, 2.05) is 0 Å². The number of hydrogen-bond donors (Lipinski definition) is 2. The lowest BCUT2D eigenvalue weighted by Crippen LogP contribution is -2.38. The van der Waals surface area contributed by atoms with Gasteiger partial charge < -0.3 is 15.4 Å². The number of cyclic esters (lactones) is 1. The van der Waals surface area contributed by atoms with Crippen LogP contribution in [0.3, 0.4) is 0 Å². The van der Waals surface area contributed by atoms with Crippen LogP contribution < -0.4 is 10.6 Å². The van der Waals surface area contributed by atoms with Crippen molar-refractivity contribution in [3.63, 3.8) is 0 Å². The van der Waals surface area contributed by atoms with Crippen molar-refractivity contribution in [2.75, 3.05) is 19.4 Å². The van der Waals surface area contributed by atoms with Crippen LogP contribution in [-0.2, 0) is 23.8 Å². The van der Waals surface area contributed by atoms with Crippen molar-refractivity contribution >= 4 is 22.1 Å². The second-order valence-corrected chi connectivity index (χ2v) is 5.60. The Morgan fingerprint density at radius 1 is 1.56 bits per heavy atom. The molecule has 1 fully saturated rings. The molecular formula is C9H16N2O6S. The van der Waals surface area contributed by atoms with Gasteiger partial charge in [-0.3, -0.25) is 8.98 Å². The Morgan fingerprint density at radius 2 is 2.22 bits per heavy atom. The number of rotatable bonds is 6. The van der Waals surface area contributed by atoms with Gasteiger partial charge in [0.05, 0.1) is 12.3 Å². The first kappa shape index (κ1) is 14.7. The smallest absolute Gasteiger partial charge is 0.407 e. The largest absolute Gasteiger partial charge is 0.442 e. The van der Waals surface area contributed by atoms with Crippen LogP contribution in [0.2, 0.25) is 0 Å². The third-order valence-corrected chi connectivity index (χ3v) is 2.85.